The van der Waals surface area contributed by atoms with E-state index in [2.05, 4.69) is 9.97 Å². The van der Waals surface area contributed by atoms with E-state index in [1.54, 1.807) is 42.5 Å². The molecule has 3 heterocycles. The van der Waals surface area contributed by atoms with Crippen molar-refractivity contribution >= 4 is 16.9 Å². The number of amides is 1. The van der Waals surface area contributed by atoms with Crippen LogP contribution in [-0.4, -0.2) is 54.2 Å². The number of nitrogens with zero attached hydrogens (tertiary/aromatic N) is 3. The maximum atomic E-state index is 12.9. The molecule has 0 radical (unpaired) electrons. The Morgan fingerprint density at radius 2 is 2.11 bits per heavy atom. The number of aromatic nitrogens is 2. The average molecular weight is 383 g/mol. The summed E-state index contributed by atoms with van der Waals surface area (Å²) in [5, 5.41) is 0.834. The maximum absolute atomic E-state index is 12.9. The van der Waals surface area contributed by atoms with Crippen LogP contribution in [0.15, 0.2) is 40.9 Å². The molecule has 28 heavy (non-hydrogen) atoms. The molecule has 1 unspecified atom stereocenters. The summed E-state index contributed by atoms with van der Waals surface area (Å²) in [4.78, 5) is 22.8. The molecule has 1 fully saturated rings. The van der Waals surface area contributed by atoms with Crippen molar-refractivity contribution in [3.8, 4) is 17.6 Å². The number of hydrogen-bond acceptors (Lipinski definition) is 7. The Balaban J connectivity index is 1.47. The van der Waals surface area contributed by atoms with Crippen LogP contribution in [-0.2, 0) is 0 Å². The van der Waals surface area contributed by atoms with Gasteiger partial charge in [-0.25, -0.2) is 4.98 Å². The quantitative estimate of drug-likeness (QED) is 0.669. The first kappa shape index (κ1) is 18.1. The van der Waals surface area contributed by atoms with Crippen LogP contribution >= 0.6 is 0 Å². The van der Waals surface area contributed by atoms with Gasteiger partial charge in [0, 0.05) is 24.2 Å². The number of carbonyl (C=O) groups is 1. The maximum Gasteiger partial charge on any atom is 0.319 e. The summed E-state index contributed by atoms with van der Waals surface area (Å²) in [6.07, 6.45) is 3.11. The number of furan rings is 1. The van der Waals surface area contributed by atoms with Crippen LogP contribution in [0.4, 0.5) is 0 Å². The Hall–Kier alpha value is -3.29. The Labute approximate surface area is 162 Å². The van der Waals surface area contributed by atoms with E-state index in [-0.39, 0.29) is 18.0 Å². The highest BCUT2D eigenvalue weighted by Crippen LogP contribution is 2.26. The topological polar surface area (TPSA) is 86.9 Å². The van der Waals surface area contributed by atoms with Gasteiger partial charge in [0.05, 0.1) is 20.8 Å². The smallest absolute Gasteiger partial charge is 0.319 e. The highest BCUT2D eigenvalue weighted by Gasteiger charge is 2.28. The Morgan fingerprint density at radius 1 is 1.21 bits per heavy atom. The lowest BCUT2D eigenvalue weighted by molar-refractivity contribution is 0.0500. The van der Waals surface area contributed by atoms with Crippen molar-refractivity contribution in [2.45, 2.75) is 18.9 Å². The molecule has 1 aliphatic heterocycles. The molecule has 0 N–H and O–H groups in total. The van der Waals surface area contributed by atoms with Crippen LogP contribution < -0.4 is 14.2 Å². The van der Waals surface area contributed by atoms with E-state index < -0.39 is 0 Å². The zero-order valence-corrected chi connectivity index (χ0v) is 15.8. The van der Waals surface area contributed by atoms with E-state index in [1.807, 2.05) is 6.07 Å². The molecule has 3 aromatic rings. The normalized spacial score (nSPS) is 16.8. The van der Waals surface area contributed by atoms with Gasteiger partial charge < -0.3 is 23.5 Å². The largest absolute Gasteiger partial charge is 0.497 e. The van der Waals surface area contributed by atoms with Gasteiger partial charge in [0.1, 0.15) is 17.4 Å². The number of fused-ring (bicyclic) bond motifs is 1. The van der Waals surface area contributed by atoms with Gasteiger partial charge in [-0.05, 0) is 37.1 Å². The van der Waals surface area contributed by atoms with Crippen LogP contribution in [0, 0.1) is 0 Å². The highest BCUT2D eigenvalue weighted by atomic mass is 16.5. The molecule has 1 atom stereocenters. The standard InChI is InChI=1S/C20H21N3O5/c1-25-14-5-6-16-13(10-14)11-17(28-16)19(24)23-9-3-4-15(12-23)27-18-7-8-21-20(22-18)26-2/h5-8,10-11,15H,3-4,9,12H2,1-2H3. The molecule has 0 aliphatic carbocycles. The molecular weight excluding hydrogens is 362 g/mol. The monoisotopic (exact) mass is 383 g/mol. The van der Waals surface area contributed by atoms with Crippen molar-refractivity contribution in [2.24, 2.45) is 0 Å². The van der Waals surface area contributed by atoms with Gasteiger partial charge in [0.2, 0.25) is 5.88 Å². The number of carbonyl (C=O) groups excluding carboxylic acids is 1. The second kappa shape index (κ2) is 7.75. The van der Waals surface area contributed by atoms with Gasteiger partial charge in [-0.1, -0.05) is 0 Å². The minimum atomic E-state index is -0.151. The lowest BCUT2D eigenvalue weighted by Gasteiger charge is -2.32. The minimum Gasteiger partial charge on any atom is -0.497 e. The number of ether oxygens (including phenoxy) is 3. The Bertz CT molecular complexity index is 987. The first-order chi connectivity index (χ1) is 13.7. The number of benzene rings is 1. The molecule has 0 saturated carbocycles. The number of hydrogen-bond donors (Lipinski definition) is 0. The number of piperidine rings is 1. The summed E-state index contributed by atoms with van der Waals surface area (Å²) in [7, 11) is 3.11. The molecular formula is C20H21N3O5. The number of rotatable bonds is 5. The summed E-state index contributed by atoms with van der Waals surface area (Å²) in [5.41, 5.74) is 0.655. The molecule has 8 nitrogen and oxygen atoms in total. The molecule has 1 aromatic carbocycles. The van der Waals surface area contributed by atoms with Crippen molar-refractivity contribution in [1.29, 1.82) is 0 Å². The molecule has 2 aromatic heterocycles. The van der Waals surface area contributed by atoms with Crippen molar-refractivity contribution in [2.75, 3.05) is 27.3 Å². The second-order valence-corrected chi connectivity index (χ2v) is 6.53. The van der Waals surface area contributed by atoms with Gasteiger partial charge in [-0.3, -0.25) is 4.79 Å². The number of likely N-dealkylation sites (tertiary alicyclic amines) is 1. The Kier molecular flexibility index (Phi) is 5.01. The summed E-state index contributed by atoms with van der Waals surface area (Å²) in [5.74, 6) is 1.32. The van der Waals surface area contributed by atoms with Crippen molar-refractivity contribution in [1.82, 2.24) is 14.9 Å². The molecule has 0 bridgehead atoms. The molecule has 146 valence electrons. The Morgan fingerprint density at radius 3 is 2.93 bits per heavy atom. The molecule has 1 amide bonds. The van der Waals surface area contributed by atoms with Crippen LogP contribution in [0.25, 0.3) is 11.0 Å². The lowest BCUT2D eigenvalue weighted by Crippen LogP contribution is -2.44. The summed E-state index contributed by atoms with van der Waals surface area (Å²) in [6.45, 7) is 1.12. The van der Waals surface area contributed by atoms with E-state index in [4.69, 9.17) is 18.6 Å². The van der Waals surface area contributed by atoms with E-state index in [9.17, 15) is 4.79 Å². The van der Waals surface area contributed by atoms with E-state index in [0.29, 0.717) is 30.3 Å². The summed E-state index contributed by atoms with van der Waals surface area (Å²) >= 11 is 0. The van der Waals surface area contributed by atoms with Crippen LogP contribution in [0.2, 0.25) is 0 Å². The zero-order chi connectivity index (χ0) is 19.5. The molecule has 8 heteroatoms. The van der Waals surface area contributed by atoms with Gasteiger partial charge in [0.15, 0.2) is 5.76 Å². The van der Waals surface area contributed by atoms with Crippen LogP contribution in [0.3, 0.4) is 0 Å². The minimum absolute atomic E-state index is 0.149. The SMILES string of the molecule is COc1ccc2oc(C(=O)N3CCCC(Oc4ccnc(OC)n4)C3)cc2c1. The van der Waals surface area contributed by atoms with Gasteiger partial charge in [0.25, 0.3) is 5.91 Å². The fraction of sp³-hybridized carbons (Fsp3) is 0.350. The van der Waals surface area contributed by atoms with Crippen LogP contribution in [0.5, 0.6) is 17.6 Å². The molecule has 0 spiro atoms. The van der Waals surface area contributed by atoms with E-state index in [1.165, 1.54) is 7.11 Å². The lowest BCUT2D eigenvalue weighted by atomic mass is 10.1. The van der Waals surface area contributed by atoms with Gasteiger partial charge in [-0.2, -0.15) is 4.98 Å². The zero-order valence-electron chi connectivity index (χ0n) is 15.8. The summed E-state index contributed by atoms with van der Waals surface area (Å²) in [6, 6.07) is 9.13. The third kappa shape index (κ3) is 3.71. The first-order valence-electron chi connectivity index (χ1n) is 9.07. The molecule has 4 rings (SSSR count). The fourth-order valence-electron chi connectivity index (χ4n) is 3.29. The predicted molar refractivity (Wildman–Crippen MR) is 101 cm³/mol. The predicted octanol–water partition coefficient (Wildman–Crippen LogP) is 2.92. The summed E-state index contributed by atoms with van der Waals surface area (Å²) < 4.78 is 21.9. The van der Waals surface area contributed by atoms with E-state index >= 15 is 0 Å². The van der Waals surface area contributed by atoms with E-state index in [0.717, 1.165) is 24.0 Å². The number of methoxy groups -OCH3 is 2. The fourth-order valence-corrected chi connectivity index (χ4v) is 3.29. The van der Waals surface area contributed by atoms with Gasteiger partial charge >= 0.3 is 6.01 Å². The highest BCUT2D eigenvalue weighted by molar-refractivity contribution is 5.96. The third-order valence-corrected chi connectivity index (χ3v) is 4.68. The molecule has 1 saturated heterocycles. The van der Waals surface area contributed by atoms with Crippen LogP contribution in [0.1, 0.15) is 23.4 Å². The first-order valence-corrected chi connectivity index (χ1v) is 9.07. The third-order valence-electron chi connectivity index (χ3n) is 4.68. The van der Waals surface area contributed by atoms with Crippen molar-refractivity contribution in [3.63, 3.8) is 0 Å². The van der Waals surface area contributed by atoms with Crippen molar-refractivity contribution < 1.29 is 23.4 Å². The second-order valence-electron chi connectivity index (χ2n) is 6.53. The average Bonchev–Trinajstić information content (AvgIpc) is 3.16. The van der Waals surface area contributed by atoms with Gasteiger partial charge in [-0.15, -0.1) is 0 Å². The van der Waals surface area contributed by atoms with Crippen molar-refractivity contribution in [3.05, 3.63) is 42.3 Å². The molecule has 1 aliphatic rings.